The summed E-state index contributed by atoms with van der Waals surface area (Å²) in [5.41, 5.74) is 7.92. The first-order valence-corrected chi connectivity index (χ1v) is 12.9. The summed E-state index contributed by atoms with van der Waals surface area (Å²) in [5.74, 6) is 2.20. The molecule has 0 saturated heterocycles. The van der Waals surface area contributed by atoms with Gasteiger partial charge >= 0.3 is 0 Å². The van der Waals surface area contributed by atoms with E-state index in [2.05, 4.69) is 72.3 Å². The van der Waals surface area contributed by atoms with Crippen molar-refractivity contribution < 1.29 is 9.84 Å². The molecule has 5 aromatic rings. The van der Waals surface area contributed by atoms with Crippen LogP contribution in [0.5, 0.6) is 17.4 Å². The molecule has 0 saturated carbocycles. The van der Waals surface area contributed by atoms with Crippen molar-refractivity contribution in [3.63, 3.8) is 0 Å². The summed E-state index contributed by atoms with van der Waals surface area (Å²) >= 11 is 0. The molecule has 1 aromatic heterocycles. The molecule has 0 spiro atoms. The summed E-state index contributed by atoms with van der Waals surface area (Å²) in [7, 11) is 0. The molecule has 2 aliphatic rings. The second-order valence-corrected chi connectivity index (χ2v) is 10.1. The van der Waals surface area contributed by atoms with Crippen molar-refractivity contribution in [1.29, 1.82) is 0 Å². The number of benzene rings is 4. The second kappa shape index (κ2) is 8.73. The maximum atomic E-state index is 10.2. The number of hydrogen-bond donors (Lipinski definition) is 1. The monoisotopic (exact) mass is 497 g/mol. The van der Waals surface area contributed by atoms with Crippen LogP contribution in [-0.2, 0) is 6.42 Å². The summed E-state index contributed by atoms with van der Waals surface area (Å²) in [6.07, 6.45) is 0.961. The highest BCUT2D eigenvalue weighted by Crippen LogP contribution is 2.46. The van der Waals surface area contributed by atoms with E-state index in [1.165, 1.54) is 27.9 Å². The lowest BCUT2D eigenvalue weighted by molar-refractivity contribution is 0.460. The van der Waals surface area contributed by atoms with Gasteiger partial charge in [-0.1, -0.05) is 66.7 Å². The number of aryl methyl sites for hydroxylation is 2. The summed E-state index contributed by atoms with van der Waals surface area (Å²) in [6, 6.07) is 32.6. The van der Waals surface area contributed by atoms with Crippen molar-refractivity contribution >= 4 is 22.4 Å². The van der Waals surface area contributed by atoms with Crippen LogP contribution < -0.4 is 9.64 Å². The highest BCUT2D eigenvalue weighted by Gasteiger charge is 2.44. The van der Waals surface area contributed by atoms with Crippen molar-refractivity contribution in [2.24, 2.45) is 4.99 Å². The third-order valence-electron chi connectivity index (χ3n) is 7.66. The van der Waals surface area contributed by atoms with Crippen LogP contribution >= 0.6 is 0 Å². The number of ether oxygens (including phenoxy) is 1. The maximum Gasteiger partial charge on any atom is 0.219 e. The number of para-hydroxylation sites is 2. The Morgan fingerprint density at radius 1 is 0.842 bits per heavy atom. The Morgan fingerprint density at radius 3 is 2.50 bits per heavy atom. The van der Waals surface area contributed by atoms with Gasteiger partial charge in [0.2, 0.25) is 5.88 Å². The zero-order valence-corrected chi connectivity index (χ0v) is 21.3. The molecular formula is C33H27N3O2. The Hall–Kier alpha value is -4.64. The lowest BCUT2D eigenvalue weighted by atomic mass is 10.0. The molecule has 1 aliphatic carbocycles. The van der Waals surface area contributed by atoms with E-state index in [1.54, 1.807) is 12.1 Å². The van der Waals surface area contributed by atoms with Crippen LogP contribution in [-0.4, -0.2) is 22.0 Å². The van der Waals surface area contributed by atoms with Gasteiger partial charge in [-0.3, -0.25) is 4.99 Å². The molecule has 1 aliphatic heterocycles. The number of phenols is 1. The van der Waals surface area contributed by atoms with Crippen molar-refractivity contribution in [2.75, 3.05) is 4.90 Å². The SMILES string of the molecule is Cc1cccc(C)c1N1C(c2cccc(Oc3ccc4cccc(O)c4n3)c2)=N[C@H]2c3ccccc3C[C@H]21. The lowest BCUT2D eigenvalue weighted by Crippen LogP contribution is -2.38. The van der Waals surface area contributed by atoms with E-state index in [9.17, 15) is 5.11 Å². The molecule has 186 valence electrons. The van der Waals surface area contributed by atoms with Gasteiger partial charge in [0.15, 0.2) is 0 Å². The standard InChI is InChI=1S/C33H27N3O2/c1-20-8-5-9-21(2)32(20)36-27-19-23-10-3-4-14-26(23)31(27)35-33(36)24-12-6-13-25(18-24)38-29-17-16-22-11-7-15-28(37)30(22)34-29/h3-18,27,31,37H,19H2,1-2H3/t27-,31+/m1/s1. The fourth-order valence-corrected chi connectivity index (χ4v) is 5.95. The number of amidine groups is 1. The Morgan fingerprint density at radius 2 is 1.63 bits per heavy atom. The number of hydrogen-bond acceptors (Lipinski definition) is 5. The van der Waals surface area contributed by atoms with Gasteiger partial charge in [0.25, 0.3) is 0 Å². The molecule has 0 unspecified atom stereocenters. The van der Waals surface area contributed by atoms with Gasteiger partial charge in [-0.05, 0) is 66.8 Å². The fraction of sp³-hybridized carbons (Fsp3) is 0.152. The highest BCUT2D eigenvalue weighted by atomic mass is 16.5. The zero-order chi connectivity index (χ0) is 25.8. The molecule has 2 heterocycles. The molecule has 0 bridgehead atoms. The maximum absolute atomic E-state index is 10.2. The minimum absolute atomic E-state index is 0.0925. The average molecular weight is 498 g/mol. The van der Waals surface area contributed by atoms with E-state index in [0.717, 1.165) is 23.2 Å². The molecule has 5 nitrogen and oxygen atoms in total. The normalized spacial score (nSPS) is 17.8. The number of pyridine rings is 1. The van der Waals surface area contributed by atoms with Crippen LogP contribution in [0.2, 0.25) is 0 Å². The Labute approximate surface area is 221 Å². The van der Waals surface area contributed by atoms with Gasteiger partial charge in [-0.15, -0.1) is 0 Å². The predicted octanol–water partition coefficient (Wildman–Crippen LogP) is 7.28. The first-order chi connectivity index (χ1) is 18.6. The molecular weight excluding hydrogens is 470 g/mol. The molecule has 4 aromatic carbocycles. The van der Waals surface area contributed by atoms with Crippen molar-refractivity contribution in [2.45, 2.75) is 32.4 Å². The largest absolute Gasteiger partial charge is 0.506 e. The first kappa shape index (κ1) is 22.5. The van der Waals surface area contributed by atoms with Gasteiger partial charge in [-0.25, -0.2) is 4.98 Å². The third kappa shape index (κ3) is 3.62. The number of nitrogens with zero attached hydrogens (tertiary/aromatic N) is 3. The van der Waals surface area contributed by atoms with E-state index in [1.807, 2.05) is 36.4 Å². The van der Waals surface area contributed by atoms with Crippen LogP contribution in [0.15, 0.2) is 102 Å². The minimum atomic E-state index is 0.0925. The summed E-state index contributed by atoms with van der Waals surface area (Å²) < 4.78 is 6.18. The zero-order valence-electron chi connectivity index (χ0n) is 21.3. The minimum Gasteiger partial charge on any atom is -0.506 e. The lowest BCUT2D eigenvalue weighted by Gasteiger charge is -2.31. The number of anilines is 1. The molecule has 0 fully saturated rings. The molecule has 38 heavy (non-hydrogen) atoms. The van der Waals surface area contributed by atoms with E-state index in [4.69, 9.17) is 9.73 Å². The molecule has 0 radical (unpaired) electrons. The number of fused-ring (bicyclic) bond motifs is 4. The molecule has 1 N–H and O–H groups in total. The van der Waals surface area contributed by atoms with E-state index >= 15 is 0 Å². The Balaban J connectivity index is 1.30. The van der Waals surface area contributed by atoms with Crippen molar-refractivity contribution in [3.05, 3.63) is 125 Å². The summed E-state index contributed by atoms with van der Waals surface area (Å²) in [4.78, 5) is 12.3. The van der Waals surface area contributed by atoms with Crippen LogP contribution in [0.3, 0.4) is 0 Å². The number of aromatic nitrogens is 1. The van der Waals surface area contributed by atoms with Crippen LogP contribution in [0.25, 0.3) is 10.9 Å². The molecule has 0 amide bonds. The number of rotatable bonds is 4. The van der Waals surface area contributed by atoms with Gasteiger partial charge in [-0.2, -0.15) is 0 Å². The smallest absolute Gasteiger partial charge is 0.219 e. The van der Waals surface area contributed by atoms with Gasteiger partial charge in [0.1, 0.15) is 22.9 Å². The number of aromatic hydroxyl groups is 1. The number of aliphatic imine (C=N–C) groups is 1. The first-order valence-electron chi connectivity index (χ1n) is 12.9. The number of phenolic OH excluding ortho intramolecular Hbond substituents is 1. The topological polar surface area (TPSA) is 58.0 Å². The summed E-state index contributed by atoms with van der Waals surface area (Å²) in [5, 5.41) is 11.1. The predicted molar refractivity (Wildman–Crippen MR) is 152 cm³/mol. The van der Waals surface area contributed by atoms with Gasteiger partial charge < -0.3 is 14.7 Å². The Bertz CT molecular complexity index is 1720. The van der Waals surface area contributed by atoms with E-state index < -0.39 is 0 Å². The van der Waals surface area contributed by atoms with E-state index in [0.29, 0.717) is 17.1 Å². The second-order valence-electron chi connectivity index (χ2n) is 10.1. The van der Waals surface area contributed by atoms with Crippen molar-refractivity contribution in [1.82, 2.24) is 4.98 Å². The van der Waals surface area contributed by atoms with Crippen LogP contribution in [0.4, 0.5) is 5.69 Å². The van der Waals surface area contributed by atoms with Gasteiger partial charge in [0.05, 0.1) is 12.1 Å². The fourth-order valence-electron chi connectivity index (χ4n) is 5.95. The highest BCUT2D eigenvalue weighted by molar-refractivity contribution is 6.13. The third-order valence-corrected chi connectivity index (χ3v) is 7.66. The van der Waals surface area contributed by atoms with Crippen molar-refractivity contribution in [3.8, 4) is 17.4 Å². The molecule has 7 rings (SSSR count). The van der Waals surface area contributed by atoms with Gasteiger partial charge in [0, 0.05) is 22.7 Å². The summed E-state index contributed by atoms with van der Waals surface area (Å²) in [6.45, 7) is 4.35. The molecule has 2 atom stereocenters. The average Bonchev–Trinajstić information content (AvgIpc) is 3.46. The van der Waals surface area contributed by atoms with E-state index in [-0.39, 0.29) is 17.8 Å². The molecule has 5 heteroatoms. The Kier molecular flexibility index (Phi) is 5.18. The van der Waals surface area contributed by atoms with Crippen LogP contribution in [0, 0.1) is 13.8 Å². The quantitative estimate of drug-likeness (QED) is 0.283. The van der Waals surface area contributed by atoms with Crippen LogP contribution in [0.1, 0.15) is 33.9 Å².